The molecular formula is C27H31N5O5S. The minimum atomic E-state index is -0.506. The van der Waals surface area contributed by atoms with E-state index in [1.165, 1.54) is 11.3 Å². The molecule has 0 aliphatic carbocycles. The number of amides is 1. The molecule has 0 bridgehead atoms. The molecule has 1 fully saturated rings. The Labute approximate surface area is 225 Å². The Morgan fingerprint density at radius 1 is 0.974 bits per heavy atom. The second kappa shape index (κ2) is 10.5. The maximum absolute atomic E-state index is 12.3. The van der Waals surface area contributed by atoms with Gasteiger partial charge in [0.15, 0.2) is 11.5 Å². The van der Waals surface area contributed by atoms with Crippen molar-refractivity contribution in [2.45, 2.75) is 45.3 Å². The number of rotatable bonds is 6. The Morgan fingerprint density at radius 3 is 2.39 bits per heavy atom. The largest absolute Gasteiger partial charge is 0.493 e. The van der Waals surface area contributed by atoms with Gasteiger partial charge in [0.1, 0.15) is 16.7 Å². The van der Waals surface area contributed by atoms with E-state index in [0.29, 0.717) is 30.5 Å². The van der Waals surface area contributed by atoms with Crippen molar-refractivity contribution < 1.29 is 23.7 Å². The molecule has 10 nitrogen and oxygen atoms in total. The number of ether oxygens (including phenoxy) is 4. The smallest absolute Gasteiger partial charge is 0.410 e. The molecule has 1 aliphatic heterocycles. The third-order valence-electron chi connectivity index (χ3n) is 6.12. The van der Waals surface area contributed by atoms with E-state index in [-0.39, 0.29) is 12.2 Å². The average Bonchev–Trinajstić information content (AvgIpc) is 3.50. The van der Waals surface area contributed by atoms with Crippen LogP contribution in [-0.2, 0) is 4.74 Å². The molecule has 1 aromatic carbocycles. The Balaban J connectivity index is 1.29. The van der Waals surface area contributed by atoms with Crippen LogP contribution >= 0.6 is 11.3 Å². The summed E-state index contributed by atoms with van der Waals surface area (Å²) in [5, 5.41) is 5.61. The van der Waals surface area contributed by atoms with E-state index in [2.05, 4.69) is 9.97 Å². The molecule has 1 aliphatic rings. The Morgan fingerprint density at radius 2 is 1.74 bits per heavy atom. The van der Waals surface area contributed by atoms with Gasteiger partial charge in [-0.25, -0.2) is 19.3 Å². The summed E-state index contributed by atoms with van der Waals surface area (Å²) in [7, 11) is 3.21. The topological polar surface area (TPSA) is 100 Å². The van der Waals surface area contributed by atoms with Crippen LogP contribution in [-0.4, -0.2) is 69.6 Å². The van der Waals surface area contributed by atoms with Crippen LogP contribution in [0, 0.1) is 0 Å². The van der Waals surface area contributed by atoms with E-state index in [0.717, 1.165) is 39.6 Å². The summed E-state index contributed by atoms with van der Waals surface area (Å²) in [5.74, 6) is 1.85. The first-order valence-electron chi connectivity index (χ1n) is 12.4. The first-order chi connectivity index (χ1) is 18.2. The summed E-state index contributed by atoms with van der Waals surface area (Å²) >= 11 is 1.49. The van der Waals surface area contributed by atoms with Gasteiger partial charge < -0.3 is 23.8 Å². The lowest BCUT2D eigenvalue weighted by molar-refractivity contribution is 0.0124. The molecule has 200 valence electrons. The number of aromatic nitrogens is 4. The van der Waals surface area contributed by atoms with Gasteiger partial charge in [0.05, 0.1) is 26.1 Å². The lowest BCUT2D eigenvalue weighted by Gasteiger charge is -2.33. The van der Waals surface area contributed by atoms with E-state index in [9.17, 15) is 4.79 Å². The highest BCUT2D eigenvalue weighted by Crippen LogP contribution is 2.36. The highest BCUT2D eigenvalue weighted by molar-refractivity contribution is 7.19. The summed E-state index contributed by atoms with van der Waals surface area (Å²) in [6, 6.07) is 9.56. The van der Waals surface area contributed by atoms with Gasteiger partial charge in [0, 0.05) is 49.3 Å². The Kier molecular flexibility index (Phi) is 7.11. The van der Waals surface area contributed by atoms with Gasteiger partial charge in [-0.15, -0.1) is 0 Å². The molecule has 0 N–H and O–H groups in total. The zero-order valence-corrected chi connectivity index (χ0v) is 22.9. The Bertz CT molecular complexity index is 1420. The zero-order chi connectivity index (χ0) is 26.9. The van der Waals surface area contributed by atoms with Crippen molar-refractivity contribution in [2.75, 3.05) is 27.3 Å². The molecule has 3 aromatic heterocycles. The van der Waals surface area contributed by atoms with Gasteiger partial charge in [0.2, 0.25) is 10.8 Å². The second-order valence-electron chi connectivity index (χ2n) is 9.98. The van der Waals surface area contributed by atoms with E-state index < -0.39 is 5.60 Å². The summed E-state index contributed by atoms with van der Waals surface area (Å²) in [4.78, 5) is 23.7. The summed E-state index contributed by atoms with van der Waals surface area (Å²) in [6.45, 7) is 6.79. The average molecular weight is 538 g/mol. The molecule has 0 unspecified atom stereocenters. The number of methoxy groups -OCH3 is 2. The van der Waals surface area contributed by atoms with E-state index >= 15 is 0 Å². The number of nitrogens with zero attached hydrogens (tertiary/aromatic N) is 5. The van der Waals surface area contributed by atoms with Crippen molar-refractivity contribution >= 4 is 22.4 Å². The number of imidazole rings is 1. The van der Waals surface area contributed by atoms with Gasteiger partial charge in [-0.2, -0.15) is 5.10 Å². The quantitative estimate of drug-likeness (QED) is 0.326. The molecule has 0 radical (unpaired) electrons. The normalized spacial score (nSPS) is 14.5. The van der Waals surface area contributed by atoms with E-state index in [1.54, 1.807) is 31.5 Å². The summed E-state index contributed by atoms with van der Waals surface area (Å²) < 4.78 is 24.4. The monoisotopic (exact) mass is 537 g/mol. The van der Waals surface area contributed by atoms with Crippen LogP contribution in [0.2, 0.25) is 0 Å². The fraction of sp³-hybridized carbons (Fsp3) is 0.407. The highest BCUT2D eigenvalue weighted by atomic mass is 32.1. The maximum atomic E-state index is 12.3. The molecule has 38 heavy (non-hydrogen) atoms. The third kappa shape index (κ3) is 5.52. The number of benzene rings is 1. The standard InChI is InChI=1S/C27H31N5O5S/c1-27(2,3)37-26(33)31-12-10-19(11-13-31)36-21-8-6-17(14-22(21)34-4)24-30-32-20(16-29-25(32)38-24)18-7-9-23(35-5)28-15-18/h6-9,14-16,19H,10-13H2,1-5H3. The number of pyridine rings is 1. The lowest BCUT2D eigenvalue weighted by atomic mass is 10.1. The number of carbonyl (C=O) groups excluding carboxylic acids is 1. The van der Waals surface area contributed by atoms with Crippen LogP contribution in [0.5, 0.6) is 17.4 Å². The van der Waals surface area contributed by atoms with Crippen LogP contribution in [0.25, 0.3) is 26.8 Å². The first-order valence-corrected chi connectivity index (χ1v) is 13.2. The van der Waals surface area contributed by atoms with E-state index in [1.807, 2.05) is 55.6 Å². The van der Waals surface area contributed by atoms with Crippen LogP contribution < -0.4 is 14.2 Å². The number of hydrogen-bond donors (Lipinski definition) is 0. The molecule has 0 saturated carbocycles. The van der Waals surface area contributed by atoms with Crippen LogP contribution in [0.3, 0.4) is 0 Å². The number of carbonyl (C=O) groups is 1. The van der Waals surface area contributed by atoms with Gasteiger partial charge in [0.25, 0.3) is 0 Å². The Hall–Kier alpha value is -3.86. The summed E-state index contributed by atoms with van der Waals surface area (Å²) in [5.41, 5.74) is 2.15. The minimum Gasteiger partial charge on any atom is -0.493 e. The fourth-order valence-corrected chi connectivity index (χ4v) is 5.09. The van der Waals surface area contributed by atoms with Crippen molar-refractivity contribution in [1.29, 1.82) is 0 Å². The molecule has 4 aromatic rings. The molecule has 0 spiro atoms. The van der Waals surface area contributed by atoms with Gasteiger partial charge in [-0.1, -0.05) is 11.3 Å². The molecular weight excluding hydrogens is 506 g/mol. The first kappa shape index (κ1) is 25.8. The van der Waals surface area contributed by atoms with Gasteiger partial charge >= 0.3 is 6.09 Å². The zero-order valence-electron chi connectivity index (χ0n) is 22.1. The third-order valence-corrected chi connectivity index (χ3v) is 7.10. The van der Waals surface area contributed by atoms with Crippen LogP contribution in [0.4, 0.5) is 4.79 Å². The minimum absolute atomic E-state index is 0.0164. The summed E-state index contributed by atoms with van der Waals surface area (Å²) in [6.07, 6.45) is 4.68. The van der Waals surface area contributed by atoms with Crippen molar-refractivity contribution in [2.24, 2.45) is 0 Å². The van der Waals surface area contributed by atoms with Gasteiger partial charge in [-0.3, -0.25) is 0 Å². The molecule has 11 heteroatoms. The molecule has 1 amide bonds. The number of likely N-dealkylation sites (tertiary alicyclic amines) is 1. The number of fused-ring (bicyclic) bond motifs is 1. The second-order valence-corrected chi connectivity index (χ2v) is 10.9. The molecule has 5 rings (SSSR count). The fourth-order valence-electron chi connectivity index (χ4n) is 4.22. The SMILES string of the molecule is COc1ccc(-c2cnc3sc(-c4ccc(OC5CCN(C(=O)OC(C)(C)C)CC5)c(OC)c4)nn23)cn1. The van der Waals surface area contributed by atoms with Crippen LogP contribution in [0.15, 0.2) is 42.7 Å². The van der Waals surface area contributed by atoms with Crippen molar-refractivity contribution in [3.63, 3.8) is 0 Å². The van der Waals surface area contributed by atoms with Crippen molar-refractivity contribution in [3.8, 4) is 39.2 Å². The number of hydrogen-bond acceptors (Lipinski definition) is 9. The molecule has 4 heterocycles. The molecule has 1 saturated heterocycles. The lowest BCUT2D eigenvalue weighted by Crippen LogP contribution is -2.44. The van der Waals surface area contributed by atoms with Crippen molar-refractivity contribution in [1.82, 2.24) is 24.5 Å². The van der Waals surface area contributed by atoms with Crippen LogP contribution in [0.1, 0.15) is 33.6 Å². The van der Waals surface area contributed by atoms with Crippen molar-refractivity contribution in [3.05, 3.63) is 42.7 Å². The predicted molar refractivity (Wildman–Crippen MR) is 144 cm³/mol. The highest BCUT2D eigenvalue weighted by Gasteiger charge is 2.28. The molecule has 0 atom stereocenters. The van der Waals surface area contributed by atoms with Gasteiger partial charge in [-0.05, 0) is 45.0 Å². The van der Waals surface area contributed by atoms with E-state index in [4.69, 9.17) is 24.0 Å². The predicted octanol–water partition coefficient (Wildman–Crippen LogP) is 5.32. The maximum Gasteiger partial charge on any atom is 0.410 e. The number of piperidine rings is 1.